The Bertz CT molecular complexity index is 3760. The third-order valence-electron chi connectivity index (χ3n) is 18.6. The maximum absolute atomic E-state index is 15.4. The fourth-order valence-corrected chi connectivity index (χ4v) is 16.0. The van der Waals surface area contributed by atoms with Crippen LogP contribution in [0.25, 0.3) is 74.5 Å². The van der Waals surface area contributed by atoms with Crippen molar-refractivity contribution in [1.29, 1.82) is 0 Å². The number of nitrogens with zero attached hydrogens (tertiary/aromatic N) is 4. The molecule has 0 spiro atoms. The lowest BCUT2D eigenvalue weighted by molar-refractivity contribution is -0.114. The van der Waals surface area contributed by atoms with Gasteiger partial charge >= 0.3 is 0 Å². The minimum Gasteiger partial charge on any atom is -0.308 e. The number of imide groups is 2. The van der Waals surface area contributed by atoms with Gasteiger partial charge in [-0.05, 0) is 132 Å². The SMILES string of the molecule is CCCCCCCCN1C(=O)/C(=C2/C(=O)N(CCCCCCCC)c3cc(-c4ccc(-c5ccc6c7c(cccc57)C(=O)N(C(CC)CC)C6=O)s4)ccc32)c2ccc(-c3ccc(-c4ccc5c6c(cccc46)C(=O)N(C(CC)CC)C5=O)s3)cc21. The third-order valence-corrected chi connectivity index (χ3v) is 20.9. The number of rotatable bonds is 24. The van der Waals surface area contributed by atoms with Crippen molar-refractivity contribution in [1.82, 2.24) is 9.80 Å². The Kier molecular flexibility index (Phi) is 17.0. The maximum Gasteiger partial charge on any atom is 0.261 e. The lowest BCUT2D eigenvalue weighted by Crippen LogP contribution is -2.46. The van der Waals surface area contributed by atoms with Crippen molar-refractivity contribution in [2.75, 3.05) is 22.9 Å². The summed E-state index contributed by atoms with van der Waals surface area (Å²) in [6, 6.07) is 39.9. The molecule has 0 aliphatic carbocycles. The minimum atomic E-state index is -0.239. The Hall–Kier alpha value is -7.80. The summed E-state index contributed by atoms with van der Waals surface area (Å²) in [7, 11) is 0. The Labute approximate surface area is 513 Å². The number of amides is 6. The van der Waals surface area contributed by atoms with Crippen molar-refractivity contribution in [2.24, 2.45) is 0 Å². The molecule has 10 nitrogen and oxygen atoms in total. The van der Waals surface area contributed by atoms with E-state index in [2.05, 4.69) is 62.4 Å². The molecule has 6 heterocycles. The quantitative estimate of drug-likeness (QED) is 0.0338. The van der Waals surface area contributed by atoms with E-state index in [-0.39, 0.29) is 47.5 Å². The van der Waals surface area contributed by atoms with Crippen LogP contribution in [0.2, 0.25) is 0 Å². The van der Waals surface area contributed by atoms with Crippen LogP contribution >= 0.6 is 22.7 Å². The van der Waals surface area contributed by atoms with Crippen LogP contribution in [-0.2, 0) is 9.59 Å². The fraction of sp³-hybridized carbons (Fsp3) is 0.351. The molecule has 0 radical (unpaired) electrons. The first-order valence-corrected chi connectivity index (χ1v) is 33.3. The topological polar surface area (TPSA) is 115 Å². The first-order chi connectivity index (χ1) is 42.0. The second-order valence-corrected chi connectivity index (χ2v) is 25.8. The standard InChI is InChI=1S/C74H76N4O6S2/c1-7-13-15-17-19-21-41-75-59-43-45(61-37-39-63(85-61)49-33-35-57-65-51(49)25-23-27-55(65)69(79)77(71(57)81)47(9-3)10-4)29-31-53(59)67(73(75)83)68-54-32-30-46(44-60(54)76(74(68)84)42-22-20-18-16-14-8-2)62-38-40-64(86-62)50-34-36-58-66-52(50)26-24-28-56(66)70(80)78(72(58)82)48(11-5)12-6/h23-40,43-44,47-48H,7-22,41-42H2,1-6H3/b68-67+. The highest BCUT2D eigenvalue weighted by molar-refractivity contribution is 7.19. The van der Waals surface area contributed by atoms with E-state index in [1.807, 2.05) is 110 Å². The molecule has 8 aromatic rings. The zero-order chi connectivity index (χ0) is 59.9. The van der Waals surface area contributed by atoms with Crippen LogP contribution in [0.15, 0.2) is 121 Å². The second-order valence-electron chi connectivity index (χ2n) is 23.7. The summed E-state index contributed by atoms with van der Waals surface area (Å²) in [4.78, 5) is 97.7. The van der Waals surface area contributed by atoms with Gasteiger partial charge in [0, 0.05) is 88.8 Å². The number of fused-ring (bicyclic) bond motifs is 2. The van der Waals surface area contributed by atoms with Crippen LogP contribution in [0.5, 0.6) is 0 Å². The summed E-state index contributed by atoms with van der Waals surface area (Å²) in [6.45, 7) is 13.6. The summed E-state index contributed by atoms with van der Waals surface area (Å²) in [5, 5.41) is 3.14. The van der Waals surface area contributed by atoms with Crippen molar-refractivity contribution in [3.05, 3.63) is 155 Å². The van der Waals surface area contributed by atoms with Gasteiger partial charge in [0.15, 0.2) is 0 Å². The van der Waals surface area contributed by atoms with Crippen LogP contribution in [0.4, 0.5) is 11.4 Å². The van der Waals surface area contributed by atoms with E-state index in [1.54, 1.807) is 22.7 Å². The Balaban J connectivity index is 0.906. The molecule has 0 unspecified atom stereocenters. The van der Waals surface area contributed by atoms with Gasteiger partial charge in [0.2, 0.25) is 0 Å². The minimum absolute atomic E-state index is 0.149. The number of carbonyl (C=O) groups excluding carboxylic acids is 6. The second kappa shape index (κ2) is 24.9. The molecule has 6 aromatic carbocycles. The number of benzene rings is 6. The molecule has 12 rings (SSSR count). The highest BCUT2D eigenvalue weighted by Gasteiger charge is 2.43. The number of carbonyl (C=O) groups is 6. The van der Waals surface area contributed by atoms with Crippen LogP contribution in [0.3, 0.4) is 0 Å². The van der Waals surface area contributed by atoms with E-state index >= 15 is 9.59 Å². The molecule has 440 valence electrons. The normalized spacial score (nSPS) is 15.6. The third kappa shape index (κ3) is 10.1. The van der Waals surface area contributed by atoms with E-state index in [0.717, 1.165) is 139 Å². The highest BCUT2D eigenvalue weighted by Crippen LogP contribution is 2.51. The van der Waals surface area contributed by atoms with Gasteiger partial charge in [-0.3, -0.25) is 38.6 Å². The number of hydrogen-bond acceptors (Lipinski definition) is 8. The summed E-state index contributed by atoms with van der Waals surface area (Å²) in [5.74, 6) is -1.26. The zero-order valence-electron chi connectivity index (χ0n) is 50.5. The average Bonchev–Trinajstić information content (AvgIpc) is 1.66. The fourth-order valence-electron chi connectivity index (χ4n) is 13.9. The first kappa shape index (κ1) is 58.6. The Morgan fingerprint density at radius 1 is 0.337 bits per heavy atom. The highest BCUT2D eigenvalue weighted by atomic mass is 32.1. The van der Waals surface area contributed by atoms with Crippen molar-refractivity contribution >= 4 is 102 Å². The van der Waals surface area contributed by atoms with Crippen LogP contribution in [0.1, 0.15) is 197 Å². The Morgan fingerprint density at radius 3 is 1.06 bits per heavy atom. The molecular formula is C74H76N4O6S2. The molecule has 0 bridgehead atoms. The molecule has 2 aromatic heterocycles. The molecule has 6 amide bonds. The average molecular weight is 1180 g/mol. The zero-order valence-corrected chi connectivity index (χ0v) is 52.1. The van der Waals surface area contributed by atoms with Gasteiger partial charge in [0.05, 0.1) is 22.5 Å². The van der Waals surface area contributed by atoms with Gasteiger partial charge in [0.25, 0.3) is 35.4 Å². The lowest BCUT2D eigenvalue weighted by Gasteiger charge is -2.33. The predicted octanol–water partition coefficient (Wildman–Crippen LogP) is 18.7. The molecule has 4 aliphatic rings. The van der Waals surface area contributed by atoms with Crippen LogP contribution in [0, 0.1) is 0 Å². The summed E-state index contributed by atoms with van der Waals surface area (Å²) in [6.07, 6.45) is 15.6. The van der Waals surface area contributed by atoms with Crippen molar-refractivity contribution in [3.63, 3.8) is 0 Å². The molecule has 12 heteroatoms. The van der Waals surface area contributed by atoms with Gasteiger partial charge in [-0.1, -0.05) is 166 Å². The molecular weight excluding hydrogens is 1100 g/mol. The van der Waals surface area contributed by atoms with Crippen molar-refractivity contribution in [3.8, 4) is 41.8 Å². The smallest absolute Gasteiger partial charge is 0.261 e. The van der Waals surface area contributed by atoms with Gasteiger partial charge < -0.3 is 9.80 Å². The number of unbranched alkanes of at least 4 members (excludes halogenated alkanes) is 10. The van der Waals surface area contributed by atoms with Crippen molar-refractivity contribution in [2.45, 2.75) is 156 Å². The number of hydrogen-bond donors (Lipinski definition) is 0. The van der Waals surface area contributed by atoms with Crippen LogP contribution < -0.4 is 9.80 Å². The molecule has 86 heavy (non-hydrogen) atoms. The van der Waals surface area contributed by atoms with Crippen molar-refractivity contribution < 1.29 is 28.8 Å². The molecule has 0 atom stereocenters. The van der Waals surface area contributed by atoms with E-state index in [4.69, 9.17) is 0 Å². The van der Waals surface area contributed by atoms with Gasteiger partial charge in [-0.15, -0.1) is 22.7 Å². The monoisotopic (exact) mass is 1180 g/mol. The first-order valence-electron chi connectivity index (χ1n) is 31.7. The molecule has 4 aliphatic heterocycles. The summed E-state index contributed by atoms with van der Waals surface area (Å²) >= 11 is 3.28. The van der Waals surface area contributed by atoms with E-state index in [1.165, 1.54) is 22.6 Å². The number of anilines is 2. The van der Waals surface area contributed by atoms with Gasteiger partial charge in [-0.2, -0.15) is 0 Å². The summed E-state index contributed by atoms with van der Waals surface area (Å²) < 4.78 is 0. The number of thiophene rings is 2. The van der Waals surface area contributed by atoms with Gasteiger partial charge in [0.1, 0.15) is 0 Å². The predicted molar refractivity (Wildman–Crippen MR) is 353 cm³/mol. The molecule has 0 saturated carbocycles. The van der Waals surface area contributed by atoms with Crippen LogP contribution in [-0.4, -0.2) is 70.4 Å². The molecule has 0 N–H and O–H groups in total. The summed E-state index contributed by atoms with van der Waals surface area (Å²) in [5.41, 5.74) is 10.1. The largest absolute Gasteiger partial charge is 0.308 e. The Morgan fingerprint density at radius 2 is 0.674 bits per heavy atom. The van der Waals surface area contributed by atoms with E-state index in [0.29, 0.717) is 82.9 Å². The molecule has 0 fully saturated rings. The molecule has 0 saturated heterocycles. The van der Waals surface area contributed by atoms with E-state index in [9.17, 15) is 19.2 Å². The maximum atomic E-state index is 15.4. The van der Waals surface area contributed by atoms with Gasteiger partial charge in [-0.25, -0.2) is 0 Å². The lowest BCUT2D eigenvalue weighted by atomic mass is 9.89. The van der Waals surface area contributed by atoms with E-state index < -0.39 is 0 Å².